The zero-order valence-corrected chi connectivity index (χ0v) is 14.9. The molecule has 3 nitrogen and oxygen atoms in total. The minimum atomic E-state index is -1.29. The lowest BCUT2D eigenvalue weighted by Crippen LogP contribution is -2.56. The van der Waals surface area contributed by atoms with Crippen molar-refractivity contribution in [1.82, 2.24) is 4.90 Å². The zero-order valence-electron chi connectivity index (χ0n) is 12.7. The number of hydrogen-bond acceptors (Lipinski definition) is 2. The Hall–Kier alpha value is 0.160. The van der Waals surface area contributed by atoms with Crippen LogP contribution in [0.2, 0.25) is 0 Å². The van der Waals surface area contributed by atoms with Gasteiger partial charge in [0.1, 0.15) is 0 Å². The molecule has 0 heterocycles. The fourth-order valence-electron chi connectivity index (χ4n) is 2.10. The fraction of sp³-hybridized carbons (Fsp3) is 0.929. The van der Waals surface area contributed by atoms with E-state index >= 15 is 0 Å². The van der Waals surface area contributed by atoms with Crippen molar-refractivity contribution in [2.45, 2.75) is 76.5 Å². The van der Waals surface area contributed by atoms with Crippen LogP contribution in [0.15, 0.2) is 0 Å². The van der Waals surface area contributed by atoms with Gasteiger partial charge in [0, 0.05) is 16.0 Å². The molecular formula is C14H28INO2. The number of carbonyl (C=O) groups excluding carboxylic acids is 1. The maximum absolute atomic E-state index is 12.5. The van der Waals surface area contributed by atoms with E-state index in [1.165, 1.54) is 0 Å². The van der Waals surface area contributed by atoms with Gasteiger partial charge in [-0.3, -0.25) is 4.79 Å². The quantitative estimate of drug-likeness (QED) is 0.577. The number of carbonyl (C=O) groups is 1. The molecule has 4 heteroatoms. The van der Waals surface area contributed by atoms with Gasteiger partial charge in [-0.15, -0.1) is 0 Å². The molecule has 1 amide bonds. The highest BCUT2D eigenvalue weighted by atomic mass is 127. The Kier molecular flexibility index (Phi) is 7.14. The molecule has 108 valence electrons. The standard InChI is InChI=1S/C14H28INO2/c1-9(2)8-12(15)14(7,18)13(17)16(10(3)4)11(5)6/h9-12,18H,8H2,1-7H3/t12-,14-/m1/s1. The summed E-state index contributed by atoms with van der Waals surface area (Å²) in [5, 5.41) is 10.6. The highest BCUT2D eigenvalue weighted by Gasteiger charge is 2.42. The molecule has 0 saturated heterocycles. The van der Waals surface area contributed by atoms with E-state index in [1.54, 1.807) is 11.8 Å². The summed E-state index contributed by atoms with van der Waals surface area (Å²) in [6.45, 7) is 13.8. The monoisotopic (exact) mass is 369 g/mol. The summed E-state index contributed by atoms with van der Waals surface area (Å²) >= 11 is 2.20. The van der Waals surface area contributed by atoms with Crippen molar-refractivity contribution in [3.63, 3.8) is 0 Å². The molecule has 0 aromatic heterocycles. The summed E-state index contributed by atoms with van der Waals surface area (Å²) in [6, 6.07) is 0.207. The second kappa shape index (κ2) is 7.08. The number of rotatable bonds is 6. The first kappa shape index (κ1) is 18.2. The van der Waals surface area contributed by atoms with Crippen LogP contribution in [0.1, 0.15) is 54.9 Å². The van der Waals surface area contributed by atoms with Crippen LogP contribution in [0.25, 0.3) is 0 Å². The van der Waals surface area contributed by atoms with Crippen LogP contribution < -0.4 is 0 Å². The summed E-state index contributed by atoms with van der Waals surface area (Å²) < 4.78 is -0.0670. The molecule has 2 atom stereocenters. The molecule has 0 aliphatic carbocycles. The van der Waals surface area contributed by atoms with E-state index in [1.807, 2.05) is 27.7 Å². The first-order valence-corrected chi connectivity index (χ1v) is 7.95. The Morgan fingerprint density at radius 1 is 1.17 bits per heavy atom. The molecule has 0 radical (unpaired) electrons. The molecule has 0 aliphatic heterocycles. The van der Waals surface area contributed by atoms with E-state index < -0.39 is 5.60 Å². The molecule has 18 heavy (non-hydrogen) atoms. The van der Waals surface area contributed by atoms with Crippen LogP contribution in [0.3, 0.4) is 0 Å². The molecule has 0 unspecified atom stereocenters. The molecule has 0 bridgehead atoms. The van der Waals surface area contributed by atoms with Gasteiger partial charge in [-0.2, -0.15) is 0 Å². The molecular weight excluding hydrogens is 341 g/mol. The van der Waals surface area contributed by atoms with Crippen molar-refractivity contribution in [3.05, 3.63) is 0 Å². The minimum absolute atomic E-state index is 0.0670. The van der Waals surface area contributed by atoms with E-state index in [-0.39, 0.29) is 21.9 Å². The second-order valence-electron chi connectivity index (χ2n) is 6.14. The third-order valence-corrected chi connectivity index (χ3v) is 4.79. The Morgan fingerprint density at radius 2 is 1.56 bits per heavy atom. The Bertz CT molecular complexity index is 267. The van der Waals surface area contributed by atoms with Crippen molar-refractivity contribution in [1.29, 1.82) is 0 Å². The first-order chi connectivity index (χ1) is 8.01. The maximum atomic E-state index is 12.5. The summed E-state index contributed by atoms with van der Waals surface area (Å²) in [6.07, 6.45) is 0.837. The van der Waals surface area contributed by atoms with Gasteiger partial charge in [0.05, 0.1) is 0 Å². The van der Waals surface area contributed by atoms with E-state index in [9.17, 15) is 9.90 Å². The Balaban J connectivity index is 5.02. The smallest absolute Gasteiger partial charge is 0.255 e. The number of amides is 1. The average Bonchev–Trinajstić information content (AvgIpc) is 2.14. The molecule has 0 spiro atoms. The average molecular weight is 369 g/mol. The van der Waals surface area contributed by atoms with Crippen molar-refractivity contribution in [2.75, 3.05) is 0 Å². The highest BCUT2D eigenvalue weighted by molar-refractivity contribution is 14.1. The summed E-state index contributed by atoms with van der Waals surface area (Å²) in [7, 11) is 0. The predicted octanol–water partition coefficient (Wildman–Crippen LogP) is 3.23. The van der Waals surface area contributed by atoms with E-state index in [0.717, 1.165) is 6.42 Å². The molecule has 0 aliphatic rings. The predicted molar refractivity (Wildman–Crippen MR) is 85.0 cm³/mol. The van der Waals surface area contributed by atoms with Gasteiger partial charge in [0.2, 0.25) is 0 Å². The highest BCUT2D eigenvalue weighted by Crippen LogP contribution is 2.28. The van der Waals surface area contributed by atoms with Crippen molar-refractivity contribution < 1.29 is 9.90 Å². The molecule has 0 rings (SSSR count). The van der Waals surface area contributed by atoms with Crippen molar-refractivity contribution in [2.24, 2.45) is 5.92 Å². The largest absolute Gasteiger partial charge is 0.379 e. The fourth-order valence-corrected chi connectivity index (χ4v) is 3.39. The lowest BCUT2D eigenvalue weighted by Gasteiger charge is -2.39. The molecule has 0 saturated carbocycles. The van der Waals surface area contributed by atoms with E-state index in [0.29, 0.717) is 5.92 Å². The van der Waals surface area contributed by atoms with Gasteiger partial charge in [-0.25, -0.2) is 0 Å². The van der Waals surface area contributed by atoms with Gasteiger partial charge in [0.15, 0.2) is 5.60 Å². The van der Waals surface area contributed by atoms with Gasteiger partial charge in [0.25, 0.3) is 5.91 Å². The molecule has 0 aromatic rings. The molecule has 0 fully saturated rings. The number of hydrogen-bond donors (Lipinski definition) is 1. The van der Waals surface area contributed by atoms with Crippen LogP contribution in [0.4, 0.5) is 0 Å². The normalized spacial score (nSPS) is 17.1. The van der Waals surface area contributed by atoms with Gasteiger partial charge in [-0.1, -0.05) is 36.4 Å². The van der Waals surface area contributed by atoms with E-state index in [4.69, 9.17) is 0 Å². The lowest BCUT2D eigenvalue weighted by atomic mass is 9.93. The molecule has 0 aromatic carbocycles. The summed E-state index contributed by atoms with van der Waals surface area (Å²) in [5.41, 5.74) is -1.29. The number of alkyl halides is 1. The third kappa shape index (κ3) is 4.68. The van der Waals surface area contributed by atoms with Crippen LogP contribution in [-0.4, -0.2) is 37.5 Å². The number of nitrogens with zero attached hydrogens (tertiary/aromatic N) is 1. The minimum Gasteiger partial charge on any atom is -0.379 e. The SMILES string of the molecule is CC(C)C[C@@H](I)[C@@](C)(O)C(=O)N(C(C)C)C(C)C. The molecule has 1 N–H and O–H groups in total. The number of halogens is 1. The van der Waals surface area contributed by atoms with Gasteiger partial charge >= 0.3 is 0 Å². The summed E-state index contributed by atoms with van der Waals surface area (Å²) in [5.74, 6) is 0.310. The Morgan fingerprint density at radius 3 is 1.83 bits per heavy atom. The van der Waals surface area contributed by atoms with Crippen LogP contribution >= 0.6 is 22.6 Å². The Labute approximate surface area is 125 Å². The van der Waals surface area contributed by atoms with Crippen molar-refractivity contribution in [3.8, 4) is 0 Å². The van der Waals surface area contributed by atoms with Gasteiger partial charge < -0.3 is 10.0 Å². The second-order valence-corrected chi connectivity index (χ2v) is 7.65. The van der Waals surface area contributed by atoms with Gasteiger partial charge in [-0.05, 0) is 47.0 Å². The third-order valence-electron chi connectivity index (χ3n) is 3.07. The topological polar surface area (TPSA) is 40.5 Å². The van der Waals surface area contributed by atoms with Crippen LogP contribution in [0, 0.1) is 5.92 Å². The lowest BCUT2D eigenvalue weighted by molar-refractivity contribution is -0.153. The zero-order chi connectivity index (χ0) is 14.7. The first-order valence-electron chi connectivity index (χ1n) is 6.71. The van der Waals surface area contributed by atoms with E-state index in [2.05, 4.69) is 36.4 Å². The van der Waals surface area contributed by atoms with Crippen LogP contribution in [0.5, 0.6) is 0 Å². The summed E-state index contributed by atoms with van der Waals surface area (Å²) in [4.78, 5) is 14.3. The van der Waals surface area contributed by atoms with Crippen molar-refractivity contribution >= 4 is 28.5 Å². The number of aliphatic hydroxyl groups is 1. The van der Waals surface area contributed by atoms with Crippen LogP contribution in [-0.2, 0) is 4.79 Å². The maximum Gasteiger partial charge on any atom is 0.255 e.